The van der Waals surface area contributed by atoms with Gasteiger partial charge in [0.25, 0.3) is 0 Å². The lowest BCUT2D eigenvalue weighted by Gasteiger charge is -2.43. The SMILES string of the molecule is CN1CCN(c2ccc(Nc3ncc4cc5n(c4n3)C3(CCCCC3)NCC5=O)nc2)CC1. The Hall–Kier alpha value is -3.04. The van der Waals surface area contributed by atoms with Crippen molar-refractivity contribution in [1.82, 2.24) is 29.7 Å². The number of nitrogens with one attached hydrogen (secondary N) is 2. The third kappa shape index (κ3) is 3.65. The van der Waals surface area contributed by atoms with Crippen LogP contribution in [-0.2, 0) is 5.66 Å². The maximum atomic E-state index is 12.7. The van der Waals surface area contributed by atoms with Crippen LogP contribution in [0.25, 0.3) is 11.0 Å². The molecule has 9 heteroatoms. The van der Waals surface area contributed by atoms with Gasteiger partial charge < -0.3 is 19.7 Å². The Labute approximate surface area is 193 Å². The average molecular weight is 447 g/mol. The molecule has 3 aliphatic rings. The van der Waals surface area contributed by atoms with Gasteiger partial charge in [-0.15, -0.1) is 0 Å². The first-order valence-electron chi connectivity index (χ1n) is 12.0. The summed E-state index contributed by atoms with van der Waals surface area (Å²) in [6.45, 7) is 4.54. The van der Waals surface area contributed by atoms with E-state index in [2.05, 4.69) is 48.1 Å². The van der Waals surface area contributed by atoms with Crippen molar-refractivity contribution in [3.05, 3.63) is 36.3 Å². The van der Waals surface area contributed by atoms with Crippen LogP contribution in [0.5, 0.6) is 0 Å². The fourth-order valence-electron chi connectivity index (χ4n) is 5.47. The van der Waals surface area contributed by atoms with Crippen LogP contribution in [0.1, 0.15) is 42.6 Å². The number of rotatable bonds is 3. The number of anilines is 3. The van der Waals surface area contributed by atoms with Gasteiger partial charge in [-0.25, -0.2) is 9.97 Å². The first-order chi connectivity index (χ1) is 16.1. The molecule has 0 aromatic carbocycles. The quantitative estimate of drug-likeness (QED) is 0.635. The van der Waals surface area contributed by atoms with E-state index < -0.39 is 0 Å². The average Bonchev–Trinajstić information content (AvgIpc) is 3.24. The summed E-state index contributed by atoms with van der Waals surface area (Å²) in [5, 5.41) is 7.69. The van der Waals surface area contributed by atoms with Crippen molar-refractivity contribution in [3.63, 3.8) is 0 Å². The van der Waals surface area contributed by atoms with Gasteiger partial charge in [0.1, 0.15) is 11.5 Å². The van der Waals surface area contributed by atoms with E-state index in [0.717, 1.165) is 74.3 Å². The number of aromatic nitrogens is 4. The molecule has 1 spiro atoms. The highest BCUT2D eigenvalue weighted by Crippen LogP contribution is 2.39. The van der Waals surface area contributed by atoms with Crippen molar-refractivity contribution in [2.75, 3.05) is 50.0 Å². The van der Waals surface area contributed by atoms with E-state index in [1.54, 1.807) is 6.20 Å². The summed E-state index contributed by atoms with van der Waals surface area (Å²) in [7, 11) is 2.16. The molecular weight excluding hydrogens is 416 g/mol. The van der Waals surface area contributed by atoms with E-state index in [9.17, 15) is 4.79 Å². The summed E-state index contributed by atoms with van der Waals surface area (Å²) in [5.74, 6) is 1.31. The smallest absolute Gasteiger partial charge is 0.230 e. The number of ketones is 1. The van der Waals surface area contributed by atoms with Crippen LogP contribution in [0.2, 0.25) is 0 Å². The molecule has 2 fully saturated rings. The monoisotopic (exact) mass is 446 g/mol. The second-order valence-corrected chi connectivity index (χ2v) is 9.52. The van der Waals surface area contributed by atoms with Crippen LogP contribution in [-0.4, -0.2) is 70.0 Å². The number of piperazine rings is 1. The standard InChI is InChI=1S/C24H30N8O/c1-30-9-11-31(12-10-30)18-5-6-21(25-15-18)28-23-26-14-17-13-19-20(33)16-27-24(7-3-2-4-8-24)32(19)22(17)29-23/h5-6,13-15,27H,2-4,7-12,16H2,1H3,(H,25,26,28,29). The van der Waals surface area contributed by atoms with Gasteiger partial charge in [0, 0.05) is 37.8 Å². The minimum Gasteiger partial charge on any atom is -0.368 e. The van der Waals surface area contributed by atoms with Gasteiger partial charge in [0.05, 0.1) is 29.8 Å². The van der Waals surface area contributed by atoms with E-state index in [0.29, 0.717) is 18.3 Å². The molecule has 0 amide bonds. The maximum Gasteiger partial charge on any atom is 0.230 e. The molecule has 2 N–H and O–H groups in total. The van der Waals surface area contributed by atoms with Gasteiger partial charge >= 0.3 is 0 Å². The molecule has 2 aliphatic heterocycles. The van der Waals surface area contributed by atoms with Crippen molar-refractivity contribution >= 4 is 34.3 Å². The molecule has 33 heavy (non-hydrogen) atoms. The summed E-state index contributed by atoms with van der Waals surface area (Å²) in [5.41, 5.74) is 2.46. The third-order valence-corrected chi connectivity index (χ3v) is 7.37. The molecule has 0 unspecified atom stereocenters. The predicted octanol–water partition coefficient (Wildman–Crippen LogP) is 2.72. The molecule has 6 rings (SSSR count). The van der Waals surface area contributed by atoms with Gasteiger partial charge in [-0.3, -0.25) is 10.1 Å². The van der Waals surface area contributed by atoms with Crippen molar-refractivity contribution < 1.29 is 4.79 Å². The molecule has 1 saturated carbocycles. The minimum absolute atomic E-state index is 0.111. The number of pyridine rings is 1. The Bertz CT molecular complexity index is 1170. The molecule has 5 heterocycles. The van der Waals surface area contributed by atoms with Crippen LogP contribution in [0.4, 0.5) is 17.5 Å². The van der Waals surface area contributed by atoms with E-state index in [1.807, 2.05) is 18.3 Å². The number of hydrogen-bond donors (Lipinski definition) is 2. The summed E-state index contributed by atoms with van der Waals surface area (Å²) in [6, 6.07) is 6.02. The third-order valence-electron chi connectivity index (χ3n) is 7.37. The topological polar surface area (TPSA) is 91.2 Å². The van der Waals surface area contributed by atoms with Gasteiger partial charge in [-0.1, -0.05) is 6.42 Å². The molecular formula is C24H30N8O. The number of hydrogen-bond acceptors (Lipinski definition) is 8. The fourth-order valence-corrected chi connectivity index (χ4v) is 5.47. The molecule has 172 valence electrons. The van der Waals surface area contributed by atoms with Gasteiger partial charge in [0.15, 0.2) is 5.78 Å². The van der Waals surface area contributed by atoms with Crippen LogP contribution < -0.4 is 15.5 Å². The zero-order chi connectivity index (χ0) is 22.4. The highest BCUT2D eigenvalue weighted by molar-refractivity contribution is 6.01. The van der Waals surface area contributed by atoms with Crippen LogP contribution in [0, 0.1) is 0 Å². The Kier molecular flexibility index (Phi) is 5.03. The highest BCUT2D eigenvalue weighted by Gasteiger charge is 2.41. The van der Waals surface area contributed by atoms with E-state index in [-0.39, 0.29) is 11.4 Å². The second-order valence-electron chi connectivity index (χ2n) is 9.52. The number of fused-ring (bicyclic) bond motifs is 4. The zero-order valence-corrected chi connectivity index (χ0v) is 19.0. The predicted molar refractivity (Wildman–Crippen MR) is 128 cm³/mol. The lowest BCUT2D eigenvalue weighted by atomic mass is 9.87. The van der Waals surface area contributed by atoms with Gasteiger partial charge in [0.2, 0.25) is 5.95 Å². The normalized spacial score (nSPS) is 20.9. The summed E-state index contributed by atoms with van der Waals surface area (Å²) in [6.07, 6.45) is 9.28. The van der Waals surface area contributed by atoms with Crippen molar-refractivity contribution in [1.29, 1.82) is 0 Å². The molecule has 0 bridgehead atoms. The number of nitrogens with zero attached hydrogens (tertiary/aromatic N) is 6. The molecule has 1 saturated heterocycles. The fraction of sp³-hybridized carbons (Fsp3) is 0.500. The Morgan fingerprint density at radius 1 is 1.03 bits per heavy atom. The van der Waals surface area contributed by atoms with Crippen LogP contribution in [0.3, 0.4) is 0 Å². The first-order valence-corrected chi connectivity index (χ1v) is 12.0. The summed E-state index contributed by atoms with van der Waals surface area (Å²) in [4.78, 5) is 31.3. The first kappa shape index (κ1) is 20.6. The van der Waals surface area contributed by atoms with E-state index in [1.165, 1.54) is 6.42 Å². The Morgan fingerprint density at radius 2 is 1.85 bits per heavy atom. The zero-order valence-electron chi connectivity index (χ0n) is 19.0. The van der Waals surface area contributed by atoms with Crippen LogP contribution >= 0.6 is 0 Å². The van der Waals surface area contributed by atoms with Gasteiger partial charge in [-0.05, 0) is 50.9 Å². The minimum atomic E-state index is -0.225. The van der Waals surface area contributed by atoms with E-state index in [4.69, 9.17) is 4.98 Å². The van der Waals surface area contributed by atoms with Crippen molar-refractivity contribution in [3.8, 4) is 0 Å². The number of carbonyl (C=O) groups is 1. The van der Waals surface area contributed by atoms with Crippen LogP contribution in [0.15, 0.2) is 30.6 Å². The van der Waals surface area contributed by atoms with Crippen molar-refractivity contribution in [2.45, 2.75) is 37.8 Å². The Morgan fingerprint density at radius 3 is 2.61 bits per heavy atom. The molecule has 3 aromatic heterocycles. The molecule has 1 aliphatic carbocycles. The lowest BCUT2D eigenvalue weighted by Crippen LogP contribution is -2.55. The number of Topliss-reactive ketones (excluding diaryl/α,β-unsaturated/α-hetero) is 1. The number of carbonyl (C=O) groups excluding carboxylic acids is 1. The van der Waals surface area contributed by atoms with Gasteiger partial charge in [-0.2, -0.15) is 4.98 Å². The highest BCUT2D eigenvalue weighted by atomic mass is 16.1. The van der Waals surface area contributed by atoms with Crippen molar-refractivity contribution in [2.24, 2.45) is 0 Å². The molecule has 3 aromatic rings. The molecule has 0 radical (unpaired) electrons. The largest absolute Gasteiger partial charge is 0.368 e. The van der Waals surface area contributed by atoms with E-state index >= 15 is 0 Å². The summed E-state index contributed by atoms with van der Waals surface area (Å²) < 4.78 is 2.14. The maximum absolute atomic E-state index is 12.7. The molecule has 9 nitrogen and oxygen atoms in total. The number of likely N-dealkylation sites (N-methyl/N-ethyl adjacent to an activating group) is 1. The lowest BCUT2D eigenvalue weighted by molar-refractivity contribution is 0.0807. The molecule has 0 atom stereocenters. The second kappa shape index (κ2) is 8.07. The Balaban J connectivity index is 1.29. The summed E-state index contributed by atoms with van der Waals surface area (Å²) >= 11 is 0.